The molecule has 3 nitrogen and oxygen atoms in total. The summed E-state index contributed by atoms with van der Waals surface area (Å²) >= 11 is 0. The maximum absolute atomic E-state index is 11.9. The van der Waals surface area contributed by atoms with E-state index < -0.39 is 6.61 Å². The molecule has 0 amide bonds. The van der Waals surface area contributed by atoms with Gasteiger partial charge >= 0.3 is 6.61 Å². The van der Waals surface area contributed by atoms with Crippen LogP contribution in [0, 0.1) is 5.92 Å². The third-order valence-electron chi connectivity index (χ3n) is 3.42. The molecule has 0 aliphatic carbocycles. The molecule has 0 spiro atoms. The lowest BCUT2D eigenvalue weighted by Crippen LogP contribution is -2.43. The molecule has 2 heterocycles. The SMILES string of the molecule is CN1CCC2CC(C1)NC2COC(F)F. The maximum atomic E-state index is 11.9. The molecular weight excluding hydrogens is 202 g/mol. The van der Waals surface area contributed by atoms with Crippen LogP contribution >= 0.6 is 0 Å². The topological polar surface area (TPSA) is 24.5 Å². The Labute approximate surface area is 88.8 Å². The van der Waals surface area contributed by atoms with Crippen LogP contribution in [-0.2, 0) is 4.74 Å². The highest BCUT2D eigenvalue weighted by molar-refractivity contribution is 4.94. The van der Waals surface area contributed by atoms with Gasteiger partial charge in [-0.1, -0.05) is 0 Å². The number of hydrogen-bond acceptors (Lipinski definition) is 3. The lowest BCUT2D eigenvalue weighted by molar-refractivity contribution is -0.135. The lowest BCUT2D eigenvalue weighted by Gasteiger charge is -2.25. The number of halogens is 2. The molecule has 2 bridgehead atoms. The normalized spacial score (nSPS) is 37.2. The van der Waals surface area contributed by atoms with Crippen molar-refractivity contribution in [1.29, 1.82) is 0 Å². The Balaban J connectivity index is 1.84. The highest BCUT2D eigenvalue weighted by atomic mass is 19.3. The molecule has 5 heteroatoms. The van der Waals surface area contributed by atoms with Crippen molar-refractivity contribution in [2.75, 3.05) is 26.7 Å². The summed E-state index contributed by atoms with van der Waals surface area (Å²) in [4.78, 5) is 2.29. The monoisotopic (exact) mass is 220 g/mol. The number of nitrogens with zero attached hydrogens (tertiary/aromatic N) is 1. The Morgan fingerprint density at radius 2 is 2.33 bits per heavy atom. The van der Waals surface area contributed by atoms with Crippen molar-refractivity contribution < 1.29 is 13.5 Å². The van der Waals surface area contributed by atoms with E-state index in [1.807, 2.05) is 0 Å². The van der Waals surface area contributed by atoms with Crippen molar-refractivity contribution in [3.05, 3.63) is 0 Å². The molecule has 2 aliphatic heterocycles. The summed E-state index contributed by atoms with van der Waals surface area (Å²) in [6.07, 6.45) is 2.18. The Morgan fingerprint density at radius 3 is 3.07 bits per heavy atom. The van der Waals surface area contributed by atoms with Gasteiger partial charge < -0.3 is 15.0 Å². The summed E-state index contributed by atoms with van der Waals surface area (Å²) in [6, 6.07) is 0.575. The van der Waals surface area contributed by atoms with E-state index in [1.54, 1.807) is 0 Å². The van der Waals surface area contributed by atoms with E-state index in [9.17, 15) is 8.78 Å². The fourth-order valence-electron chi connectivity index (χ4n) is 2.70. The zero-order valence-electron chi connectivity index (χ0n) is 8.96. The van der Waals surface area contributed by atoms with E-state index >= 15 is 0 Å². The summed E-state index contributed by atoms with van der Waals surface area (Å²) in [7, 11) is 2.10. The van der Waals surface area contributed by atoms with Gasteiger partial charge in [-0.3, -0.25) is 0 Å². The smallest absolute Gasteiger partial charge is 0.321 e. The third-order valence-corrected chi connectivity index (χ3v) is 3.42. The minimum Gasteiger partial charge on any atom is -0.321 e. The van der Waals surface area contributed by atoms with Gasteiger partial charge in [0, 0.05) is 18.6 Å². The van der Waals surface area contributed by atoms with Gasteiger partial charge in [0.15, 0.2) is 0 Å². The standard InChI is InChI=1S/C10H18F2N2O/c1-14-3-2-7-4-8(5-14)13-9(7)6-15-10(11)12/h7-10,13H,2-6H2,1H3. The number of fused-ring (bicyclic) bond motifs is 2. The number of nitrogens with one attached hydrogen (secondary N) is 1. The van der Waals surface area contributed by atoms with Crippen molar-refractivity contribution in [1.82, 2.24) is 10.2 Å². The highest BCUT2D eigenvalue weighted by Crippen LogP contribution is 2.27. The third kappa shape index (κ3) is 2.86. The molecule has 2 fully saturated rings. The van der Waals surface area contributed by atoms with Gasteiger partial charge in [-0.25, -0.2) is 0 Å². The molecule has 88 valence electrons. The number of rotatable bonds is 3. The van der Waals surface area contributed by atoms with Crippen LogP contribution in [0.1, 0.15) is 12.8 Å². The molecule has 0 radical (unpaired) electrons. The number of ether oxygens (including phenoxy) is 1. The second-order valence-corrected chi connectivity index (χ2v) is 4.61. The lowest BCUT2D eigenvalue weighted by atomic mass is 9.97. The Hall–Kier alpha value is -0.260. The Bertz CT molecular complexity index is 216. The van der Waals surface area contributed by atoms with Crippen LogP contribution < -0.4 is 5.32 Å². The summed E-state index contributed by atoms with van der Waals surface area (Å²) in [5.74, 6) is 0.499. The molecular formula is C10H18F2N2O. The Morgan fingerprint density at radius 1 is 1.53 bits per heavy atom. The molecule has 2 saturated heterocycles. The predicted molar refractivity (Wildman–Crippen MR) is 52.9 cm³/mol. The molecule has 0 aromatic carbocycles. The molecule has 2 rings (SSSR count). The molecule has 3 unspecified atom stereocenters. The van der Waals surface area contributed by atoms with Gasteiger partial charge in [-0.2, -0.15) is 8.78 Å². The number of hydrogen-bond donors (Lipinski definition) is 1. The predicted octanol–water partition coefficient (Wildman–Crippen LogP) is 0.908. The summed E-state index contributed by atoms with van der Waals surface area (Å²) in [6.45, 7) is -0.421. The fourth-order valence-corrected chi connectivity index (χ4v) is 2.70. The molecule has 0 saturated carbocycles. The summed E-state index contributed by atoms with van der Waals surface area (Å²) < 4.78 is 28.2. The second kappa shape index (κ2) is 4.72. The quantitative estimate of drug-likeness (QED) is 0.765. The first-order valence-corrected chi connectivity index (χ1v) is 5.49. The van der Waals surface area contributed by atoms with Gasteiger partial charge in [0.25, 0.3) is 0 Å². The van der Waals surface area contributed by atoms with Crippen LogP contribution in [-0.4, -0.2) is 50.3 Å². The van der Waals surface area contributed by atoms with Crippen LogP contribution in [0.4, 0.5) is 8.78 Å². The minimum atomic E-state index is -2.64. The molecule has 2 aliphatic rings. The maximum Gasteiger partial charge on any atom is 0.345 e. The molecule has 15 heavy (non-hydrogen) atoms. The second-order valence-electron chi connectivity index (χ2n) is 4.61. The van der Waals surface area contributed by atoms with E-state index in [4.69, 9.17) is 0 Å². The summed E-state index contributed by atoms with van der Waals surface area (Å²) in [5, 5.41) is 3.38. The number of alkyl halides is 2. The van der Waals surface area contributed by atoms with E-state index in [2.05, 4.69) is 22.0 Å². The van der Waals surface area contributed by atoms with Crippen LogP contribution in [0.5, 0.6) is 0 Å². The van der Waals surface area contributed by atoms with Gasteiger partial charge in [0.2, 0.25) is 0 Å². The highest BCUT2D eigenvalue weighted by Gasteiger charge is 2.36. The average molecular weight is 220 g/mol. The van der Waals surface area contributed by atoms with E-state index in [0.29, 0.717) is 12.0 Å². The first-order chi connectivity index (χ1) is 7.15. The van der Waals surface area contributed by atoms with Crippen molar-refractivity contribution in [2.24, 2.45) is 5.92 Å². The molecule has 3 atom stereocenters. The fraction of sp³-hybridized carbons (Fsp3) is 1.00. The van der Waals surface area contributed by atoms with Gasteiger partial charge in [0.05, 0.1) is 6.61 Å². The molecule has 0 aromatic heterocycles. The van der Waals surface area contributed by atoms with Crippen molar-refractivity contribution in [2.45, 2.75) is 31.5 Å². The van der Waals surface area contributed by atoms with Crippen molar-refractivity contribution in [3.8, 4) is 0 Å². The number of likely N-dealkylation sites (tertiary alicyclic amines) is 1. The van der Waals surface area contributed by atoms with E-state index in [0.717, 1.165) is 25.9 Å². The van der Waals surface area contributed by atoms with Crippen LogP contribution in [0.15, 0.2) is 0 Å². The van der Waals surface area contributed by atoms with Gasteiger partial charge in [-0.05, 0) is 32.4 Å². The van der Waals surface area contributed by atoms with Crippen molar-refractivity contribution >= 4 is 0 Å². The number of likely N-dealkylation sites (N-methyl/N-ethyl adjacent to an activating group) is 1. The van der Waals surface area contributed by atoms with Gasteiger partial charge in [-0.15, -0.1) is 0 Å². The van der Waals surface area contributed by atoms with Crippen LogP contribution in [0.25, 0.3) is 0 Å². The molecule has 1 N–H and O–H groups in total. The minimum absolute atomic E-state index is 0.123. The van der Waals surface area contributed by atoms with E-state index in [1.165, 1.54) is 0 Å². The first-order valence-electron chi connectivity index (χ1n) is 5.49. The zero-order chi connectivity index (χ0) is 10.8. The Kier molecular flexibility index (Phi) is 3.53. The van der Waals surface area contributed by atoms with Gasteiger partial charge in [0.1, 0.15) is 0 Å². The van der Waals surface area contributed by atoms with Crippen LogP contribution in [0.3, 0.4) is 0 Å². The van der Waals surface area contributed by atoms with Crippen LogP contribution in [0.2, 0.25) is 0 Å². The molecule has 0 aromatic rings. The first kappa shape index (κ1) is 11.2. The largest absolute Gasteiger partial charge is 0.345 e. The van der Waals surface area contributed by atoms with E-state index in [-0.39, 0.29) is 12.6 Å². The zero-order valence-corrected chi connectivity index (χ0v) is 8.96. The average Bonchev–Trinajstić information content (AvgIpc) is 2.43. The summed E-state index contributed by atoms with van der Waals surface area (Å²) in [5.41, 5.74) is 0. The van der Waals surface area contributed by atoms with Crippen molar-refractivity contribution in [3.63, 3.8) is 0 Å².